The second-order valence-corrected chi connectivity index (χ2v) is 7.96. The standard InChI is InChI=1S/C11H18ClNO2S2/c1-4-9-5-6-10(16-9)17(14,15)13-11(2,3)7-8-12/h5-6,13H,4,7-8H2,1-3H3. The molecule has 3 nitrogen and oxygen atoms in total. The molecule has 0 fully saturated rings. The van der Waals surface area contributed by atoms with Gasteiger partial charge in [0.15, 0.2) is 0 Å². The second kappa shape index (κ2) is 5.69. The highest BCUT2D eigenvalue weighted by atomic mass is 35.5. The van der Waals surface area contributed by atoms with E-state index in [9.17, 15) is 8.42 Å². The first-order chi connectivity index (χ1) is 7.80. The Kier molecular flexibility index (Phi) is 5.01. The van der Waals surface area contributed by atoms with E-state index >= 15 is 0 Å². The molecule has 0 aliphatic carbocycles. The zero-order chi connectivity index (χ0) is 13.1. The molecule has 0 aliphatic rings. The minimum atomic E-state index is -3.42. The monoisotopic (exact) mass is 295 g/mol. The Morgan fingerprint density at radius 3 is 2.53 bits per heavy atom. The van der Waals surface area contributed by atoms with Crippen molar-refractivity contribution < 1.29 is 8.42 Å². The number of alkyl halides is 1. The topological polar surface area (TPSA) is 46.2 Å². The number of rotatable bonds is 6. The summed E-state index contributed by atoms with van der Waals surface area (Å²) < 4.78 is 27.3. The first-order valence-electron chi connectivity index (χ1n) is 5.49. The van der Waals surface area contributed by atoms with Gasteiger partial charge in [-0.3, -0.25) is 0 Å². The maximum atomic E-state index is 12.1. The highest BCUT2D eigenvalue weighted by Crippen LogP contribution is 2.24. The van der Waals surface area contributed by atoms with E-state index in [1.807, 2.05) is 26.8 Å². The third kappa shape index (κ3) is 4.25. The van der Waals surface area contributed by atoms with E-state index in [0.29, 0.717) is 16.5 Å². The third-order valence-electron chi connectivity index (χ3n) is 2.38. The van der Waals surface area contributed by atoms with Gasteiger partial charge in [0.05, 0.1) is 0 Å². The van der Waals surface area contributed by atoms with Crippen molar-refractivity contribution in [2.75, 3.05) is 5.88 Å². The third-order valence-corrected chi connectivity index (χ3v) is 5.99. The predicted molar refractivity (Wildman–Crippen MR) is 73.4 cm³/mol. The van der Waals surface area contributed by atoms with Gasteiger partial charge in [0.2, 0.25) is 0 Å². The SMILES string of the molecule is CCc1ccc(S(=O)(=O)NC(C)(C)CCCl)s1. The molecule has 0 saturated carbocycles. The van der Waals surface area contributed by atoms with Gasteiger partial charge in [-0.1, -0.05) is 6.92 Å². The number of halogens is 1. The van der Waals surface area contributed by atoms with E-state index in [-0.39, 0.29) is 0 Å². The maximum Gasteiger partial charge on any atom is 0.250 e. The Morgan fingerprint density at radius 1 is 1.41 bits per heavy atom. The fourth-order valence-electron chi connectivity index (χ4n) is 1.39. The number of nitrogens with one attached hydrogen (secondary N) is 1. The Morgan fingerprint density at radius 2 is 2.06 bits per heavy atom. The minimum absolute atomic E-state index is 0.372. The Balaban J connectivity index is 2.88. The van der Waals surface area contributed by atoms with E-state index in [1.165, 1.54) is 11.3 Å². The Hall–Kier alpha value is -0.100. The molecule has 0 unspecified atom stereocenters. The molecule has 1 aromatic heterocycles. The van der Waals surface area contributed by atoms with Crippen LogP contribution in [0.15, 0.2) is 16.3 Å². The summed E-state index contributed by atoms with van der Waals surface area (Å²) in [4.78, 5) is 1.07. The summed E-state index contributed by atoms with van der Waals surface area (Å²) in [5.74, 6) is 0.431. The average Bonchev–Trinajstić information content (AvgIpc) is 2.64. The summed E-state index contributed by atoms with van der Waals surface area (Å²) in [7, 11) is -3.42. The first kappa shape index (κ1) is 15.0. The van der Waals surface area contributed by atoms with Crippen LogP contribution >= 0.6 is 22.9 Å². The van der Waals surface area contributed by atoms with Crippen LogP contribution in [0.3, 0.4) is 0 Å². The predicted octanol–water partition coefficient (Wildman–Crippen LogP) is 3.00. The van der Waals surface area contributed by atoms with Crippen LogP contribution in [0.5, 0.6) is 0 Å². The molecule has 0 spiro atoms. The Labute approximate surface area is 112 Å². The summed E-state index contributed by atoms with van der Waals surface area (Å²) in [6.07, 6.45) is 1.45. The summed E-state index contributed by atoms with van der Waals surface area (Å²) >= 11 is 6.97. The summed E-state index contributed by atoms with van der Waals surface area (Å²) in [6, 6.07) is 3.51. The number of hydrogen-bond donors (Lipinski definition) is 1. The quantitative estimate of drug-likeness (QED) is 0.820. The van der Waals surface area contributed by atoms with Gasteiger partial charge in [-0.2, -0.15) is 0 Å². The summed E-state index contributed by atoms with van der Waals surface area (Å²) in [5, 5.41) is 0. The van der Waals surface area contributed by atoms with Gasteiger partial charge < -0.3 is 0 Å². The molecule has 1 heterocycles. The first-order valence-corrected chi connectivity index (χ1v) is 8.33. The van der Waals surface area contributed by atoms with Crippen molar-refractivity contribution in [1.82, 2.24) is 4.72 Å². The van der Waals surface area contributed by atoms with Crippen molar-refractivity contribution in [2.24, 2.45) is 0 Å². The molecule has 0 bridgehead atoms. The second-order valence-electron chi connectivity index (χ2n) is 4.50. The van der Waals surface area contributed by atoms with Crippen LogP contribution < -0.4 is 4.72 Å². The van der Waals surface area contributed by atoms with Crippen molar-refractivity contribution in [2.45, 2.75) is 43.4 Å². The molecule has 0 saturated heterocycles. The van der Waals surface area contributed by atoms with E-state index < -0.39 is 15.6 Å². The fourth-order valence-corrected chi connectivity index (χ4v) is 4.60. The van der Waals surface area contributed by atoms with Gasteiger partial charge in [0.1, 0.15) is 4.21 Å². The molecule has 6 heteroatoms. The molecule has 1 rings (SSSR count). The highest BCUT2D eigenvalue weighted by molar-refractivity contribution is 7.91. The van der Waals surface area contributed by atoms with Gasteiger partial charge in [-0.25, -0.2) is 13.1 Å². The van der Waals surface area contributed by atoms with Crippen LogP contribution in [-0.4, -0.2) is 19.8 Å². The summed E-state index contributed by atoms with van der Waals surface area (Å²) in [5.41, 5.74) is -0.517. The lowest BCUT2D eigenvalue weighted by Gasteiger charge is -2.24. The largest absolute Gasteiger partial charge is 0.250 e. The molecular formula is C11H18ClNO2S2. The van der Waals surface area contributed by atoms with Crippen molar-refractivity contribution in [3.63, 3.8) is 0 Å². The number of thiophene rings is 1. The van der Waals surface area contributed by atoms with Crippen molar-refractivity contribution in [1.29, 1.82) is 0 Å². The van der Waals surface area contributed by atoms with Crippen LogP contribution in [0.4, 0.5) is 0 Å². The van der Waals surface area contributed by atoms with Gasteiger partial charge in [-0.15, -0.1) is 22.9 Å². The van der Waals surface area contributed by atoms with Crippen LogP contribution in [0, 0.1) is 0 Å². The molecule has 98 valence electrons. The summed E-state index contributed by atoms with van der Waals surface area (Å²) in [6.45, 7) is 5.68. The molecule has 0 aliphatic heterocycles. The van der Waals surface area contributed by atoms with Gasteiger partial charge in [0, 0.05) is 16.3 Å². The van der Waals surface area contributed by atoms with Gasteiger partial charge in [0.25, 0.3) is 10.0 Å². The van der Waals surface area contributed by atoms with E-state index in [1.54, 1.807) is 6.07 Å². The highest BCUT2D eigenvalue weighted by Gasteiger charge is 2.26. The lowest BCUT2D eigenvalue weighted by molar-refractivity contribution is 0.442. The zero-order valence-corrected chi connectivity index (χ0v) is 12.7. The normalized spacial score (nSPS) is 12.9. The van der Waals surface area contributed by atoms with E-state index in [0.717, 1.165) is 11.3 Å². The minimum Gasteiger partial charge on any atom is -0.206 e. The Bertz CT molecular complexity index is 466. The molecule has 0 aromatic carbocycles. The fraction of sp³-hybridized carbons (Fsp3) is 0.636. The number of hydrogen-bond acceptors (Lipinski definition) is 3. The smallest absolute Gasteiger partial charge is 0.206 e. The van der Waals surface area contributed by atoms with Crippen LogP contribution in [0.25, 0.3) is 0 Å². The van der Waals surface area contributed by atoms with Crippen molar-refractivity contribution >= 4 is 33.0 Å². The molecule has 1 N–H and O–H groups in total. The van der Waals surface area contributed by atoms with Crippen LogP contribution in [0.1, 0.15) is 32.1 Å². The molecular weight excluding hydrogens is 278 g/mol. The average molecular weight is 296 g/mol. The van der Waals surface area contributed by atoms with Gasteiger partial charge in [-0.05, 0) is 38.8 Å². The maximum absolute atomic E-state index is 12.1. The van der Waals surface area contributed by atoms with Gasteiger partial charge >= 0.3 is 0 Å². The van der Waals surface area contributed by atoms with Crippen LogP contribution in [-0.2, 0) is 16.4 Å². The number of sulfonamides is 1. The van der Waals surface area contributed by atoms with E-state index in [2.05, 4.69) is 4.72 Å². The molecule has 0 amide bonds. The molecule has 0 atom stereocenters. The molecule has 17 heavy (non-hydrogen) atoms. The molecule has 1 aromatic rings. The molecule has 0 radical (unpaired) electrons. The van der Waals surface area contributed by atoms with Crippen LogP contribution in [0.2, 0.25) is 0 Å². The van der Waals surface area contributed by atoms with E-state index in [4.69, 9.17) is 11.6 Å². The van der Waals surface area contributed by atoms with Crippen molar-refractivity contribution in [3.8, 4) is 0 Å². The zero-order valence-electron chi connectivity index (χ0n) is 10.3. The van der Waals surface area contributed by atoms with Crippen molar-refractivity contribution in [3.05, 3.63) is 17.0 Å². The lowest BCUT2D eigenvalue weighted by Crippen LogP contribution is -2.43. The lowest BCUT2D eigenvalue weighted by atomic mass is 10.0. The number of aryl methyl sites for hydroxylation is 1.